The number of hydrogen-bond acceptors (Lipinski definition) is 4. The Bertz CT molecular complexity index is 783. The third kappa shape index (κ3) is 3.51. The van der Waals surface area contributed by atoms with E-state index in [1.54, 1.807) is 19.1 Å². The van der Waals surface area contributed by atoms with Crippen molar-refractivity contribution in [2.45, 2.75) is 32.2 Å². The normalized spacial score (nSPS) is 23.5. The summed E-state index contributed by atoms with van der Waals surface area (Å²) in [5.74, 6) is -2.12. The first kappa shape index (κ1) is 18.9. The fraction of sp³-hybridized carbons (Fsp3) is 0.474. The molecule has 2 heterocycles. The lowest BCUT2D eigenvalue weighted by molar-refractivity contribution is -0.146. The van der Waals surface area contributed by atoms with Crippen LogP contribution in [0.1, 0.15) is 30.9 Å². The van der Waals surface area contributed by atoms with E-state index in [0.717, 1.165) is 10.5 Å². The highest BCUT2D eigenvalue weighted by atomic mass is 16.4. The van der Waals surface area contributed by atoms with Crippen molar-refractivity contribution in [3.8, 4) is 0 Å². The predicted molar refractivity (Wildman–Crippen MR) is 95.7 cm³/mol. The average Bonchev–Trinajstić information content (AvgIpc) is 2.86. The predicted octanol–water partition coefficient (Wildman–Crippen LogP) is 1.09. The molecule has 2 aliphatic rings. The monoisotopic (exact) mass is 373 g/mol. The Kier molecular flexibility index (Phi) is 4.91. The van der Waals surface area contributed by atoms with Gasteiger partial charge in [-0.15, -0.1) is 0 Å². The second-order valence-electron chi connectivity index (χ2n) is 7.31. The number of hydrogen-bond donors (Lipinski definition) is 2. The molecular weight excluding hydrogens is 350 g/mol. The van der Waals surface area contributed by atoms with Gasteiger partial charge in [0.05, 0.1) is 5.92 Å². The molecule has 144 valence electrons. The molecular formula is C19H23N3O5. The van der Waals surface area contributed by atoms with E-state index in [1.807, 2.05) is 19.1 Å². The number of piperidine rings is 1. The van der Waals surface area contributed by atoms with Crippen LogP contribution in [0, 0.1) is 12.8 Å². The number of carboxylic acids is 1. The lowest BCUT2D eigenvalue weighted by Gasteiger charge is -2.31. The molecule has 2 aliphatic heterocycles. The summed E-state index contributed by atoms with van der Waals surface area (Å²) in [4.78, 5) is 51.2. The van der Waals surface area contributed by atoms with Crippen LogP contribution in [-0.2, 0) is 19.9 Å². The van der Waals surface area contributed by atoms with Crippen molar-refractivity contribution in [3.05, 3.63) is 35.4 Å². The van der Waals surface area contributed by atoms with Crippen LogP contribution in [-0.4, -0.2) is 58.4 Å². The minimum atomic E-state index is -1.21. The fourth-order valence-electron chi connectivity index (χ4n) is 3.53. The van der Waals surface area contributed by atoms with Gasteiger partial charge in [-0.1, -0.05) is 29.8 Å². The minimum absolute atomic E-state index is 0.314. The first-order valence-corrected chi connectivity index (χ1v) is 8.94. The zero-order chi connectivity index (χ0) is 19.8. The molecule has 27 heavy (non-hydrogen) atoms. The molecule has 2 N–H and O–H groups in total. The molecule has 0 saturated carbocycles. The summed E-state index contributed by atoms with van der Waals surface area (Å²) in [5, 5.41) is 11.7. The molecule has 1 aromatic rings. The number of rotatable bonds is 4. The smallest absolute Gasteiger partial charge is 0.325 e. The molecule has 8 nitrogen and oxygen atoms in total. The van der Waals surface area contributed by atoms with Gasteiger partial charge in [0.15, 0.2) is 0 Å². The van der Waals surface area contributed by atoms with Gasteiger partial charge in [0.1, 0.15) is 12.1 Å². The number of urea groups is 1. The summed E-state index contributed by atoms with van der Waals surface area (Å²) in [6, 6.07) is 6.70. The SMILES string of the molecule is Cc1ccc(C2(C)NC(=O)N(CC(=O)N3CCC(C(=O)O)CC3)C2=O)cc1. The van der Waals surface area contributed by atoms with Gasteiger partial charge in [-0.25, -0.2) is 4.79 Å². The third-order valence-electron chi connectivity index (χ3n) is 5.39. The van der Waals surface area contributed by atoms with Crippen LogP contribution in [0.3, 0.4) is 0 Å². The van der Waals surface area contributed by atoms with Gasteiger partial charge in [-0.3, -0.25) is 19.3 Å². The van der Waals surface area contributed by atoms with Crippen molar-refractivity contribution in [2.24, 2.45) is 5.92 Å². The first-order chi connectivity index (χ1) is 12.7. The van der Waals surface area contributed by atoms with Gasteiger partial charge in [0.2, 0.25) is 5.91 Å². The van der Waals surface area contributed by atoms with E-state index in [1.165, 1.54) is 4.90 Å². The highest BCUT2D eigenvalue weighted by molar-refractivity contribution is 6.09. The Morgan fingerprint density at radius 2 is 1.78 bits per heavy atom. The number of carboxylic acid groups (broad SMARTS) is 1. The molecule has 0 aliphatic carbocycles. The van der Waals surface area contributed by atoms with E-state index in [-0.39, 0.29) is 12.5 Å². The van der Waals surface area contributed by atoms with Crippen LogP contribution >= 0.6 is 0 Å². The minimum Gasteiger partial charge on any atom is -0.481 e. The first-order valence-electron chi connectivity index (χ1n) is 8.94. The number of imide groups is 1. The number of nitrogens with one attached hydrogen (secondary N) is 1. The highest BCUT2D eigenvalue weighted by Crippen LogP contribution is 2.29. The topological polar surface area (TPSA) is 107 Å². The van der Waals surface area contributed by atoms with E-state index in [9.17, 15) is 19.2 Å². The Labute approximate surface area is 157 Å². The molecule has 4 amide bonds. The second-order valence-corrected chi connectivity index (χ2v) is 7.31. The number of benzene rings is 1. The molecule has 0 radical (unpaired) electrons. The van der Waals surface area contributed by atoms with Crippen molar-refractivity contribution in [3.63, 3.8) is 0 Å². The molecule has 1 aromatic carbocycles. The summed E-state index contributed by atoms with van der Waals surface area (Å²) in [5.41, 5.74) is 0.487. The van der Waals surface area contributed by atoms with Gasteiger partial charge < -0.3 is 15.3 Å². The van der Waals surface area contributed by atoms with Crippen LogP contribution in [0.5, 0.6) is 0 Å². The maximum atomic E-state index is 12.9. The number of likely N-dealkylation sites (tertiary alicyclic amines) is 1. The lowest BCUT2D eigenvalue weighted by atomic mass is 9.91. The summed E-state index contributed by atoms with van der Waals surface area (Å²) in [6.45, 7) is 3.84. The summed E-state index contributed by atoms with van der Waals surface area (Å²) >= 11 is 0. The standard InChI is InChI=1S/C19H23N3O5/c1-12-3-5-14(6-4-12)19(2)17(26)22(18(27)20-19)11-15(23)21-9-7-13(8-10-21)16(24)25/h3-6,13H,7-11H2,1-2H3,(H,20,27)(H,24,25). The largest absolute Gasteiger partial charge is 0.481 e. The van der Waals surface area contributed by atoms with Crippen molar-refractivity contribution in [1.82, 2.24) is 15.1 Å². The lowest BCUT2D eigenvalue weighted by Crippen LogP contribution is -2.47. The molecule has 1 atom stereocenters. The Morgan fingerprint density at radius 3 is 2.33 bits per heavy atom. The van der Waals surface area contributed by atoms with Crippen molar-refractivity contribution < 1.29 is 24.3 Å². The zero-order valence-electron chi connectivity index (χ0n) is 15.4. The quantitative estimate of drug-likeness (QED) is 0.768. The molecule has 2 fully saturated rings. The molecule has 1 unspecified atom stereocenters. The fourth-order valence-corrected chi connectivity index (χ4v) is 3.53. The molecule has 3 rings (SSSR count). The van der Waals surface area contributed by atoms with E-state index >= 15 is 0 Å². The number of nitrogens with zero attached hydrogens (tertiary/aromatic N) is 2. The molecule has 0 spiro atoms. The molecule has 8 heteroatoms. The van der Waals surface area contributed by atoms with E-state index < -0.39 is 29.4 Å². The van der Waals surface area contributed by atoms with Gasteiger partial charge in [-0.05, 0) is 32.3 Å². The van der Waals surface area contributed by atoms with Gasteiger partial charge in [-0.2, -0.15) is 0 Å². The van der Waals surface area contributed by atoms with Crippen LogP contribution in [0.4, 0.5) is 4.79 Å². The summed E-state index contributed by atoms with van der Waals surface area (Å²) in [7, 11) is 0. The average molecular weight is 373 g/mol. The summed E-state index contributed by atoms with van der Waals surface area (Å²) < 4.78 is 0. The van der Waals surface area contributed by atoms with Gasteiger partial charge >= 0.3 is 12.0 Å². The number of amides is 4. The second kappa shape index (κ2) is 7.02. The van der Waals surface area contributed by atoms with E-state index in [0.29, 0.717) is 31.5 Å². The molecule has 0 bridgehead atoms. The highest BCUT2D eigenvalue weighted by Gasteiger charge is 2.49. The maximum Gasteiger partial charge on any atom is 0.325 e. The summed E-state index contributed by atoms with van der Waals surface area (Å²) in [6.07, 6.45) is 0.755. The van der Waals surface area contributed by atoms with Crippen molar-refractivity contribution >= 4 is 23.8 Å². The number of carbonyl (C=O) groups excluding carboxylic acids is 3. The molecule has 2 saturated heterocycles. The van der Waals surface area contributed by atoms with Crippen LogP contribution in [0.25, 0.3) is 0 Å². The van der Waals surface area contributed by atoms with Crippen LogP contribution in [0.15, 0.2) is 24.3 Å². The van der Waals surface area contributed by atoms with Crippen molar-refractivity contribution in [1.29, 1.82) is 0 Å². The Balaban J connectivity index is 1.68. The van der Waals surface area contributed by atoms with E-state index in [4.69, 9.17) is 5.11 Å². The third-order valence-corrected chi connectivity index (χ3v) is 5.39. The van der Waals surface area contributed by atoms with Gasteiger partial charge in [0, 0.05) is 13.1 Å². The number of aryl methyl sites for hydroxylation is 1. The van der Waals surface area contributed by atoms with E-state index in [2.05, 4.69) is 5.32 Å². The number of carbonyl (C=O) groups is 4. The van der Waals surface area contributed by atoms with Crippen LogP contribution < -0.4 is 5.32 Å². The number of aliphatic carboxylic acids is 1. The zero-order valence-corrected chi connectivity index (χ0v) is 15.4. The molecule has 0 aromatic heterocycles. The van der Waals surface area contributed by atoms with Gasteiger partial charge in [0.25, 0.3) is 5.91 Å². The maximum absolute atomic E-state index is 12.9. The van der Waals surface area contributed by atoms with Crippen LogP contribution in [0.2, 0.25) is 0 Å². The Morgan fingerprint density at radius 1 is 1.19 bits per heavy atom. The van der Waals surface area contributed by atoms with Crippen molar-refractivity contribution in [2.75, 3.05) is 19.6 Å². The Hall–Kier alpha value is -2.90.